The third-order valence-electron chi connectivity index (χ3n) is 2.47. The Bertz CT molecular complexity index is 389. The summed E-state index contributed by atoms with van der Waals surface area (Å²) in [5.74, 6) is 1.31. The Hall–Kier alpha value is -1.71. The van der Waals surface area contributed by atoms with Gasteiger partial charge in [0.25, 0.3) is 0 Å². The van der Waals surface area contributed by atoms with E-state index in [-0.39, 0.29) is 18.6 Å². The number of hydrogen-bond acceptors (Lipinski definition) is 3. The van der Waals surface area contributed by atoms with E-state index in [4.69, 9.17) is 15.2 Å². The first-order valence-electron chi connectivity index (χ1n) is 4.84. The molecular weight excluding hydrogens is 194 g/mol. The summed E-state index contributed by atoms with van der Waals surface area (Å²) in [5, 5.41) is 0. The Morgan fingerprint density at radius 3 is 2.93 bits per heavy atom. The molecule has 0 radical (unpaired) electrons. The Labute approximate surface area is 88.0 Å². The minimum absolute atomic E-state index is 0.108. The van der Waals surface area contributed by atoms with Crippen molar-refractivity contribution in [2.45, 2.75) is 19.3 Å². The SMILES string of the molecule is C[C@@H](CC(N)=O)c1ccc2c(c1)OCO2. The van der Waals surface area contributed by atoms with E-state index in [9.17, 15) is 4.79 Å². The number of fused-ring (bicyclic) bond motifs is 1. The van der Waals surface area contributed by atoms with Gasteiger partial charge in [0, 0.05) is 6.42 Å². The van der Waals surface area contributed by atoms with Crippen LogP contribution >= 0.6 is 0 Å². The van der Waals surface area contributed by atoms with Gasteiger partial charge in [-0.15, -0.1) is 0 Å². The van der Waals surface area contributed by atoms with Gasteiger partial charge in [0.1, 0.15) is 0 Å². The fourth-order valence-electron chi connectivity index (χ4n) is 1.64. The van der Waals surface area contributed by atoms with Crippen molar-refractivity contribution in [2.24, 2.45) is 5.73 Å². The number of hydrogen-bond donors (Lipinski definition) is 1. The second kappa shape index (κ2) is 3.81. The van der Waals surface area contributed by atoms with Gasteiger partial charge in [-0.05, 0) is 23.6 Å². The number of nitrogens with two attached hydrogens (primary N) is 1. The molecule has 0 unspecified atom stereocenters. The van der Waals surface area contributed by atoms with Crippen LogP contribution in [0, 0.1) is 0 Å². The van der Waals surface area contributed by atoms with Crippen LogP contribution < -0.4 is 15.2 Å². The molecule has 1 heterocycles. The number of amides is 1. The molecule has 80 valence electrons. The lowest BCUT2D eigenvalue weighted by Crippen LogP contribution is -2.13. The van der Waals surface area contributed by atoms with Crippen LogP contribution in [0.4, 0.5) is 0 Å². The summed E-state index contributed by atoms with van der Waals surface area (Å²) >= 11 is 0. The second-order valence-corrected chi connectivity index (χ2v) is 3.68. The third-order valence-corrected chi connectivity index (χ3v) is 2.47. The molecule has 0 aliphatic carbocycles. The van der Waals surface area contributed by atoms with Crippen molar-refractivity contribution in [1.82, 2.24) is 0 Å². The predicted molar refractivity (Wildman–Crippen MR) is 54.8 cm³/mol. The van der Waals surface area contributed by atoms with Gasteiger partial charge in [-0.3, -0.25) is 4.79 Å². The predicted octanol–water partition coefficient (Wildman–Crippen LogP) is 1.39. The van der Waals surface area contributed by atoms with Crippen LogP contribution in [-0.2, 0) is 4.79 Å². The van der Waals surface area contributed by atoms with E-state index in [1.165, 1.54) is 0 Å². The van der Waals surface area contributed by atoms with Gasteiger partial charge in [0.05, 0.1) is 0 Å². The zero-order valence-electron chi connectivity index (χ0n) is 8.53. The van der Waals surface area contributed by atoms with Gasteiger partial charge in [-0.2, -0.15) is 0 Å². The number of rotatable bonds is 3. The van der Waals surface area contributed by atoms with E-state index >= 15 is 0 Å². The normalized spacial score (nSPS) is 15.0. The molecular formula is C11H13NO3. The molecule has 1 aliphatic rings. The fourth-order valence-corrected chi connectivity index (χ4v) is 1.64. The largest absolute Gasteiger partial charge is 0.454 e. The highest BCUT2D eigenvalue weighted by atomic mass is 16.7. The van der Waals surface area contributed by atoms with Crippen LogP contribution in [-0.4, -0.2) is 12.7 Å². The van der Waals surface area contributed by atoms with Crippen molar-refractivity contribution < 1.29 is 14.3 Å². The third kappa shape index (κ3) is 2.03. The van der Waals surface area contributed by atoms with E-state index in [1.807, 2.05) is 25.1 Å². The molecule has 0 spiro atoms. The maximum atomic E-state index is 10.8. The molecule has 1 aliphatic heterocycles. The summed E-state index contributed by atoms with van der Waals surface area (Å²) in [6.45, 7) is 2.23. The molecule has 1 atom stereocenters. The van der Waals surface area contributed by atoms with Crippen molar-refractivity contribution in [1.29, 1.82) is 0 Å². The maximum Gasteiger partial charge on any atom is 0.231 e. The first-order chi connectivity index (χ1) is 7.16. The van der Waals surface area contributed by atoms with Crippen LogP contribution in [0.1, 0.15) is 24.8 Å². The smallest absolute Gasteiger partial charge is 0.231 e. The van der Waals surface area contributed by atoms with Crippen molar-refractivity contribution in [3.05, 3.63) is 23.8 Å². The van der Waals surface area contributed by atoms with Gasteiger partial charge in [0.2, 0.25) is 12.7 Å². The van der Waals surface area contributed by atoms with E-state index in [2.05, 4.69) is 0 Å². The Kier molecular flexibility index (Phi) is 2.49. The number of ether oxygens (including phenoxy) is 2. The summed E-state index contributed by atoms with van der Waals surface area (Å²) in [4.78, 5) is 10.8. The second-order valence-electron chi connectivity index (χ2n) is 3.68. The van der Waals surface area contributed by atoms with E-state index in [0.717, 1.165) is 17.1 Å². The van der Waals surface area contributed by atoms with Crippen molar-refractivity contribution in [3.63, 3.8) is 0 Å². The van der Waals surface area contributed by atoms with Crippen LogP contribution in [0.25, 0.3) is 0 Å². The Morgan fingerprint density at radius 1 is 1.47 bits per heavy atom. The van der Waals surface area contributed by atoms with Crippen LogP contribution in [0.3, 0.4) is 0 Å². The molecule has 0 aromatic heterocycles. The van der Waals surface area contributed by atoms with Crippen molar-refractivity contribution >= 4 is 5.91 Å². The van der Waals surface area contributed by atoms with E-state index in [0.29, 0.717) is 6.42 Å². The summed E-state index contributed by atoms with van der Waals surface area (Å²) < 4.78 is 10.5. The molecule has 1 amide bonds. The van der Waals surface area contributed by atoms with Crippen molar-refractivity contribution in [2.75, 3.05) is 6.79 Å². The lowest BCUT2D eigenvalue weighted by molar-refractivity contribution is -0.118. The molecule has 0 saturated carbocycles. The maximum absolute atomic E-state index is 10.8. The summed E-state index contributed by atoms with van der Waals surface area (Å²) in [6, 6.07) is 5.69. The fraction of sp³-hybridized carbons (Fsp3) is 0.364. The molecule has 15 heavy (non-hydrogen) atoms. The molecule has 0 fully saturated rings. The topological polar surface area (TPSA) is 61.6 Å². The van der Waals surface area contributed by atoms with Crippen molar-refractivity contribution in [3.8, 4) is 11.5 Å². The molecule has 1 aromatic carbocycles. The molecule has 2 N–H and O–H groups in total. The molecule has 4 heteroatoms. The highest BCUT2D eigenvalue weighted by molar-refractivity contribution is 5.74. The van der Waals surface area contributed by atoms with E-state index in [1.54, 1.807) is 0 Å². The zero-order valence-corrected chi connectivity index (χ0v) is 8.53. The molecule has 4 nitrogen and oxygen atoms in total. The van der Waals surface area contributed by atoms with Gasteiger partial charge in [0.15, 0.2) is 11.5 Å². The van der Waals surface area contributed by atoms with Crippen LogP contribution in [0.2, 0.25) is 0 Å². The minimum atomic E-state index is -0.292. The standard InChI is InChI=1S/C11H13NO3/c1-7(4-11(12)13)8-2-3-9-10(5-8)15-6-14-9/h2-3,5,7H,4,6H2,1H3,(H2,12,13)/t7-/m0/s1. The first kappa shape index (κ1) is 9.83. The number of benzene rings is 1. The minimum Gasteiger partial charge on any atom is -0.454 e. The highest BCUT2D eigenvalue weighted by Gasteiger charge is 2.16. The molecule has 2 rings (SSSR count). The van der Waals surface area contributed by atoms with Gasteiger partial charge >= 0.3 is 0 Å². The monoisotopic (exact) mass is 207 g/mol. The van der Waals surface area contributed by atoms with Gasteiger partial charge < -0.3 is 15.2 Å². The Morgan fingerprint density at radius 2 is 2.20 bits per heavy atom. The van der Waals surface area contributed by atoms with E-state index < -0.39 is 0 Å². The lowest BCUT2D eigenvalue weighted by atomic mass is 9.97. The average Bonchev–Trinajstić information content (AvgIpc) is 2.62. The number of carbonyl (C=O) groups is 1. The van der Waals surface area contributed by atoms with Gasteiger partial charge in [-0.1, -0.05) is 13.0 Å². The summed E-state index contributed by atoms with van der Waals surface area (Å²) in [7, 11) is 0. The average molecular weight is 207 g/mol. The quantitative estimate of drug-likeness (QED) is 0.814. The zero-order chi connectivity index (χ0) is 10.8. The first-order valence-corrected chi connectivity index (χ1v) is 4.84. The summed E-state index contributed by atoms with van der Waals surface area (Å²) in [6.07, 6.45) is 0.347. The highest BCUT2D eigenvalue weighted by Crippen LogP contribution is 2.35. The van der Waals surface area contributed by atoms with Crippen LogP contribution in [0.15, 0.2) is 18.2 Å². The molecule has 0 saturated heterocycles. The van der Waals surface area contributed by atoms with Crippen LogP contribution in [0.5, 0.6) is 11.5 Å². The summed E-state index contributed by atoms with van der Waals surface area (Å²) in [5.41, 5.74) is 6.19. The number of carbonyl (C=O) groups excluding carboxylic acids is 1. The molecule has 0 bridgehead atoms. The number of primary amides is 1. The Balaban J connectivity index is 2.19. The molecule has 1 aromatic rings. The lowest BCUT2D eigenvalue weighted by Gasteiger charge is -2.09. The van der Waals surface area contributed by atoms with Gasteiger partial charge in [-0.25, -0.2) is 0 Å².